The zero-order valence-corrected chi connectivity index (χ0v) is 19.9. The van der Waals surface area contributed by atoms with Gasteiger partial charge in [0.2, 0.25) is 0 Å². The first-order chi connectivity index (χ1) is 15.3. The summed E-state index contributed by atoms with van der Waals surface area (Å²) in [5, 5.41) is 0. The van der Waals surface area contributed by atoms with E-state index in [1.807, 2.05) is 18.7 Å². The number of benzene rings is 1. The fourth-order valence-corrected chi connectivity index (χ4v) is 4.52. The average Bonchev–Trinajstić information content (AvgIpc) is 2.78. The van der Waals surface area contributed by atoms with Crippen LogP contribution in [0.4, 0.5) is 0 Å². The lowest BCUT2D eigenvalue weighted by Crippen LogP contribution is -2.41. The molecule has 1 fully saturated rings. The van der Waals surface area contributed by atoms with Crippen LogP contribution in [0.3, 0.4) is 0 Å². The van der Waals surface area contributed by atoms with Crippen molar-refractivity contribution in [3.63, 3.8) is 0 Å². The number of carbonyl (C=O) groups excluding carboxylic acids is 2. The Morgan fingerprint density at radius 2 is 1.78 bits per heavy atom. The van der Waals surface area contributed by atoms with Crippen LogP contribution in [-0.2, 0) is 22.5 Å². The van der Waals surface area contributed by atoms with Crippen molar-refractivity contribution in [1.29, 1.82) is 0 Å². The first kappa shape index (κ1) is 23.9. The molecule has 0 radical (unpaired) electrons. The number of carbonyl (C=O) groups is 2. The average molecular weight is 438 g/mol. The van der Waals surface area contributed by atoms with Gasteiger partial charge in [-0.2, -0.15) is 0 Å². The number of aryl methyl sites for hydroxylation is 2. The highest BCUT2D eigenvalue weighted by atomic mass is 16.5. The molecule has 0 unspecified atom stereocenters. The summed E-state index contributed by atoms with van der Waals surface area (Å²) in [5.41, 5.74) is 12.6. The number of methoxy groups -OCH3 is 1. The summed E-state index contributed by atoms with van der Waals surface area (Å²) < 4.78 is 4.88. The highest BCUT2D eigenvalue weighted by molar-refractivity contribution is 6.03. The first-order valence-electron chi connectivity index (χ1n) is 11.4. The molecule has 1 aliphatic rings. The molecule has 0 atom stereocenters. The molecule has 0 spiro atoms. The Morgan fingerprint density at radius 1 is 1.16 bits per heavy atom. The van der Waals surface area contributed by atoms with Crippen LogP contribution in [0.2, 0.25) is 0 Å². The number of esters is 1. The van der Waals surface area contributed by atoms with Gasteiger partial charge in [-0.25, -0.2) is 0 Å². The van der Waals surface area contributed by atoms with Crippen molar-refractivity contribution >= 4 is 11.9 Å². The number of nitrogens with zero attached hydrogens (tertiary/aromatic N) is 2. The Balaban J connectivity index is 2.07. The topological polar surface area (TPSA) is 85.5 Å². The van der Waals surface area contributed by atoms with Crippen molar-refractivity contribution in [2.24, 2.45) is 17.6 Å². The fourth-order valence-electron chi connectivity index (χ4n) is 4.52. The number of ether oxygens (including phenoxy) is 1. The quantitative estimate of drug-likeness (QED) is 0.689. The lowest BCUT2D eigenvalue weighted by Gasteiger charge is -2.32. The number of likely N-dealkylation sites (tertiary alicyclic amines) is 1. The molecule has 6 heteroatoms. The maximum absolute atomic E-state index is 13.8. The Labute approximate surface area is 191 Å². The number of hydrogen-bond acceptors (Lipinski definition) is 5. The molecule has 172 valence electrons. The molecule has 0 bridgehead atoms. The largest absolute Gasteiger partial charge is 0.469 e. The minimum Gasteiger partial charge on any atom is -0.469 e. The number of nitrogens with two attached hydrogens (primary N) is 1. The van der Waals surface area contributed by atoms with Crippen LogP contribution < -0.4 is 5.73 Å². The standard InChI is InChI=1S/C26H35N3O3/c1-16(2)14-22-21(15-27)24(19-8-6-17(3)7-9-19)23(18(4)28-22)25(30)29-12-10-20(11-13-29)26(31)32-5/h6-9,16,20H,10-15,27H2,1-5H3. The van der Waals surface area contributed by atoms with E-state index in [-0.39, 0.29) is 17.8 Å². The number of amides is 1. The second kappa shape index (κ2) is 10.3. The normalized spacial score (nSPS) is 14.7. The van der Waals surface area contributed by atoms with E-state index < -0.39 is 0 Å². The maximum atomic E-state index is 13.8. The molecule has 1 aromatic carbocycles. The Morgan fingerprint density at radius 3 is 2.31 bits per heavy atom. The van der Waals surface area contributed by atoms with Gasteiger partial charge in [0.05, 0.1) is 24.3 Å². The molecule has 2 aromatic rings. The smallest absolute Gasteiger partial charge is 0.308 e. The second-order valence-electron chi connectivity index (χ2n) is 9.13. The van der Waals surface area contributed by atoms with E-state index in [2.05, 4.69) is 38.1 Å². The van der Waals surface area contributed by atoms with Gasteiger partial charge in [0.1, 0.15) is 0 Å². The summed E-state index contributed by atoms with van der Waals surface area (Å²) in [5.74, 6) is 0.0447. The molecule has 2 heterocycles. The molecule has 32 heavy (non-hydrogen) atoms. The van der Waals surface area contributed by atoms with Crippen molar-refractivity contribution < 1.29 is 14.3 Å². The van der Waals surface area contributed by atoms with Crippen molar-refractivity contribution in [3.8, 4) is 11.1 Å². The highest BCUT2D eigenvalue weighted by Crippen LogP contribution is 2.34. The summed E-state index contributed by atoms with van der Waals surface area (Å²) in [6.45, 7) is 9.65. The molecular weight excluding hydrogens is 402 g/mol. The van der Waals surface area contributed by atoms with E-state index in [1.165, 1.54) is 7.11 Å². The molecule has 1 saturated heterocycles. The molecule has 2 N–H and O–H groups in total. The Bertz CT molecular complexity index is 975. The summed E-state index contributed by atoms with van der Waals surface area (Å²) in [4.78, 5) is 32.3. The lowest BCUT2D eigenvalue weighted by molar-refractivity contribution is -0.146. The van der Waals surface area contributed by atoms with Gasteiger partial charge in [-0.1, -0.05) is 43.7 Å². The molecule has 1 amide bonds. The van der Waals surface area contributed by atoms with Crippen LogP contribution in [0, 0.1) is 25.7 Å². The van der Waals surface area contributed by atoms with Gasteiger partial charge in [-0.15, -0.1) is 0 Å². The highest BCUT2D eigenvalue weighted by Gasteiger charge is 2.31. The van der Waals surface area contributed by atoms with Gasteiger partial charge in [0.25, 0.3) is 5.91 Å². The van der Waals surface area contributed by atoms with Crippen molar-refractivity contribution in [2.45, 2.75) is 53.5 Å². The third-order valence-electron chi connectivity index (χ3n) is 6.24. The summed E-state index contributed by atoms with van der Waals surface area (Å²) >= 11 is 0. The molecule has 6 nitrogen and oxygen atoms in total. The number of piperidine rings is 1. The van der Waals surface area contributed by atoms with Crippen molar-refractivity contribution in [2.75, 3.05) is 20.2 Å². The summed E-state index contributed by atoms with van der Waals surface area (Å²) in [7, 11) is 1.41. The molecule has 3 rings (SSSR count). The third-order valence-corrected chi connectivity index (χ3v) is 6.24. The van der Waals surface area contributed by atoms with Gasteiger partial charge in [0, 0.05) is 30.9 Å². The number of pyridine rings is 1. The van der Waals surface area contributed by atoms with Crippen LogP contribution in [-0.4, -0.2) is 42.0 Å². The van der Waals surface area contributed by atoms with Gasteiger partial charge < -0.3 is 15.4 Å². The molecule has 1 aromatic heterocycles. The zero-order chi connectivity index (χ0) is 23.4. The van der Waals surface area contributed by atoms with Gasteiger partial charge >= 0.3 is 5.97 Å². The van der Waals surface area contributed by atoms with E-state index in [0.717, 1.165) is 40.1 Å². The lowest BCUT2D eigenvalue weighted by atomic mass is 9.88. The third kappa shape index (κ3) is 5.01. The van der Waals surface area contributed by atoms with E-state index in [9.17, 15) is 9.59 Å². The van der Waals surface area contributed by atoms with E-state index in [0.29, 0.717) is 44.0 Å². The van der Waals surface area contributed by atoms with E-state index in [1.54, 1.807) is 0 Å². The zero-order valence-electron chi connectivity index (χ0n) is 19.9. The number of aromatic nitrogens is 1. The van der Waals surface area contributed by atoms with Crippen LogP contribution in [0.15, 0.2) is 24.3 Å². The van der Waals surface area contributed by atoms with Gasteiger partial charge in [-0.05, 0) is 50.2 Å². The van der Waals surface area contributed by atoms with Crippen LogP contribution in [0.25, 0.3) is 11.1 Å². The Kier molecular flexibility index (Phi) is 7.67. The minimum atomic E-state index is -0.196. The van der Waals surface area contributed by atoms with Crippen molar-refractivity contribution in [3.05, 3.63) is 52.3 Å². The SMILES string of the molecule is COC(=O)C1CCN(C(=O)c2c(C)nc(CC(C)C)c(CN)c2-c2ccc(C)cc2)CC1. The molecule has 1 aliphatic heterocycles. The maximum Gasteiger partial charge on any atom is 0.308 e. The number of hydrogen-bond donors (Lipinski definition) is 1. The summed E-state index contributed by atoms with van der Waals surface area (Å²) in [6, 6.07) is 8.23. The van der Waals surface area contributed by atoms with Crippen LogP contribution >= 0.6 is 0 Å². The monoisotopic (exact) mass is 437 g/mol. The predicted octanol–water partition coefficient (Wildman–Crippen LogP) is 4.05. The van der Waals surface area contributed by atoms with E-state index >= 15 is 0 Å². The fraction of sp³-hybridized carbons (Fsp3) is 0.500. The van der Waals surface area contributed by atoms with E-state index in [4.69, 9.17) is 15.5 Å². The second-order valence-corrected chi connectivity index (χ2v) is 9.13. The minimum absolute atomic E-state index is 0.0420. The first-order valence-corrected chi connectivity index (χ1v) is 11.4. The van der Waals surface area contributed by atoms with Gasteiger partial charge in [-0.3, -0.25) is 14.6 Å². The van der Waals surface area contributed by atoms with Crippen molar-refractivity contribution in [1.82, 2.24) is 9.88 Å². The van der Waals surface area contributed by atoms with Crippen LogP contribution in [0.5, 0.6) is 0 Å². The van der Waals surface area contributed by atoms with Crippen LogP contribution in [0.1, 0.15) is 59.6 Å². The molecular formula is C26H35N3O3. The van der Waals surface area contributed by atoms with Gasteiger partial charge in [0.15, 0.2) is 0 Å². The number of rotatable bonds is 6. The summed E-state index contributed by atoms with van der Waals surface area (Å²) in [6.07, 6.45) is 2.03. The molecule has 0 saturated carbocycles. The predicted molar refractivity (Wildman–Crippen MR) is 126 cm³/mol. The molecule has 0 aliphatic carbocycles. The Hall–Kier alpha value is -2.73.